The zero-order valence-electron chi connectivity index (χ0n) is 11.6. The van der Waals surface area contributed by atoms with Crippen molar-refractivity contribution < 1.29 is 9.18 Å². The second-order valence-corrected chi connectivity index (χ2v) is 5.33. The van der Waals surface area contributed by atoms with Gasteiger partial charge >= 0.3 is 0 Å². The molecule has 1 unspecified atom stereocenters. The van der Waals surface area contributed by atoms with E-state index in [4.69, 9.17) is 0 Å². The van der Waals surface area contributed by atoms with Crippen LogP contribution in [-0.4, -0.2) is 33.9 Å². The Hall–Kier alpha value is -2.30. The molecule has 3 rings (SSSR count). The molecule has 1 aliphatic rings. The van der Waals surface area contributed by atoms with Gasteiger partial charge in [-0.1, -0.05) is 6.07 Å². The molecule has 0 bridgehead atoms. The third-order valence-corrected chi connectivity index (χ3v) is 3.82. The van der Waals surface area contributed by atoms with Crippen LogP contribution in [0, 0.1) is 11.7 Å². The largest absolute Gasteiger partial charge is 0.338 e. The summed E-state index contributed by atoms with van der Waals surface area (Å²) in [5.74, 6) is -0.398. The van der Waals surface area contributed by atoms with Crippen LogP contribution in [0.1, 0.15) is 22.3 Å². The van der Waals surface area contributed by atoms with Gasteiger partial charge in [0.2, 0.25) is 0 Å². The Morgan fingerprint density at radius 1 is 1.29 bits per heavy atom. The van der Waals surface area contributed by atoms with Gasteiger partial charge in [-0.25, -0.2) is 4.39 Å². The summed E-state index contributed by atoms with van der Waals surface area (Å²) in [7, 11) is 0. The molecule has 0 radical (unpaired) electrons. The molecule has 0 aromatic carbocycles. The average molecular weight is 285 g/mol. The minimum atomic E-state index is -0.557. The van der Waals surface area contributed by atoms with Crippen LogP contribution in [-0.2, 0) is 6.42 Å². The van der Waals surface area contributed by atoms with Crippen molar-refractivity contribution in [3.05, 3.63) is 59.9 Å². The summed E-state index contributed by atoms with van der Waals surface area (Å²) >= 11 is 0. The van der Waals surface area contributed by atoms with Crippen molar-refractivity contribution >= 4 is 5.91 Å². The summed E-state index contributed by atoms with van der Waals surface area (Å²) in [6.45, 7) is 1.33. The van der Waals surface area contributed by atoms with Crippen molar-refractivity contribution in [3.63, 3.8) is 0 Å². The summed E-state index contributed by atoms with van der Waals surface area (Å²) in [4.78, 5) is 21.8. The minimum absolute atomic E-state index is 0.104. The predicted molar refractivity (Wildman–Crippen MR) is 76.1 cm³/mol. The van der Waals surface area contributed by atoms with Gasteiger partial charge in [0.1, 0.15) is 0 Å². The Morgan fingerprint density at radius 2 is 2.14 bits per heavy atom. The van der Waals surface area contributed by atoms with Crippen LogP contribution in [0.25, 0.3) is 0 Å². The quantitative estimate of drug-likeness (QED) is 0.869. The zero-order chi connectivity index (χ0) is 14.7. The van der Waals surface area contributed by atoms with E-state index in [1.54, 1.807) is 11.1 Å². The Labute approximate surface area is 122 Å². The maximum Gasteiger partial charge on any atom is 0.256 e. The van der Waals surface area contributed by atoms with Crippen LogP contribution in [0.5, 0.6) is 0 Å². The molecule has 5 heteroatoms. The van der Waals surface area contributed by atoms with Crippen molar-refractivity contribution in [1.82, 2.24) is 14.9 Å². The van der Waals surface area contributed by atoms with Gasteiger partial charge in [-0.3, -0.25) is 14.8 Å². The standard InChI is InChI=1S/C16H16FN3O/c17-15-10-19-6-3-14(15)16(21)20-7-4-13(11-20)8-12-2-1-5-18-9-12/h1-3,5-6,9-10,13H,4,7-8,11H2. The fraction of sp³-hybridized carbons (Fsp3) is 0.312. The maximum absolute atomic E-state index is 13.6. The maximum atomic E-state index is 13.6. The van der Waals surface area contributed by atoms with E-state index in [1.807, 2.05) is 18.3 Å². The first-order chi connectivity index (χ1) is 10.2. The van der Waals surface area contributed by atoms with Gasteiger partial charge in [0.25, 0.3) is 5.91 Å². The number of hydrogen-bond donors (Lipinski definition) is 0. The van der Waals surface area contributed by atoms with Crippen molar-refractivity contribution in [2.45, 2.75) is 12.8 Å². The van der Waals surface area contributed by atoms with Crippen LogP contribution in [0.4, 0.5) is 4.39 Å². The van der Waals surface area contributed by atoms with Crippen molar-refractivity contribution in [2.75, 3.05) is 13.1 Å². The molecule has 1 fully saturated rings. The van der Waals surface area contributed by atoms with Crippen molar-refractivity contribution in [3.8, 4) is 0 Å². The van der Waals surface area contributed by atoms with Gasteiger partial charge in [0.05, 0.1) is 11.8 Å². The van der Waals surface area contributed by atoms with E-state index < -0.39 is 5.82 Å². The lowest BCUT2D eigenvalue weighted by atomic mass is 10.00. The fourth-order valence-corrected chi connectivity index (χ4v) is 2.75. The number of carbonyl (C=O) groups excluding carboxylic acids is 1. The first kappa shape index (κ1) is 13.7. The lowest BCUT2D eigenvalue weighted by Gasteiger charge is -2.17. The molecule has 1 saturated heterocycles. The average Bonchev–Trinajstić information content (AvgIpc) is 2.97. The molecule has 1 aliphatic heterocycles. The smallest absolute Gasteiger partial charge is 0.256 e. The lowest BCUT2D eigenvalue weighted by molar-refractivity contribution is 0.0782. The highest BCUT2D eigenvalue weighted by Gasteiger charge is 2.28. The predicted octanol–water partition coefficient (Wildman–Crippen LogP) is 2.32. The first-order valence-electron chi connectivity index (χ1n) is 7.01. The second kappa shape index (κ2) is 5.99. The van der Waals surface area contributed by atoms with E-state index >= 15 is 0 Å². The Bertz CT molecular complexity index is 632. The number of aromatic nitrogens is 2. The van der Waals surface area contributed by atoms with E-state index in [0.29, 0.717) is 19.0 Å². The normalized spacial score (nSPS) is 18.0. The molecule has 1 amide bonds. The summed E-state index contributed by atoms with van der Waals surface area (Å²) in [5.41, 5.74) is 1.28. The number of amides is 1. The summed E-state index contributed by atoms with van der Waals surface area (Å²) in [5, 5.41) is 0. The molecule has 2 aromatic rings. The van der Waals surface area contributed by atoms with Gasteiger partial charge in [-0.05, 0) is 36.5 Å². The molecule has 108 valence electrons. The van der Waals surface area contributed by atoms with E-state index in [1.165, 1.54) is 17.8 Å². The fourth-order valence-electron chi connectivity index (χ4n) is 2.75. The molecule has 0 N–H and O–H groups in total. The van der Waals surface area contributed by atoms with Gasteiger partial charge in [0, 0.05) is 31.7 Å². The van der Waals surface area contributed by atoms with Gasteiger partial charge in [-0.15, -0.1) is 0 Å². The third kappa shape index (κ3) is 3.07. The second-order valence-electron chi connectivity index (χ2n) is 5.33. The summed E-state index contributed by atoms with van der Waals surface area (Å²) in [6.07, 6.45) is 7.97. The molecule has 0 spiro atoms. The number of rotatable bonds is 3. The van der Waals surface area contributed by atoms with E-state index in [0.717, 1.165) is 19.0 Å². The van der Waals surface area contributed by atoms with Crippen LogP contribution in [0.3, 0.4) is 0 Å². The first-order valence-corrected chi connectivity index (χ1v) is 7.01. The summed E-state index contributed by atoms with van der Waals surface area (Å²) in [6, 6.07) is 5.39. The zero-order valence-corrected chi connectivity index (χ0v) is 11.6. The lowest BCUT2D eigenvalue weighted by Crippen LogP contribution is -2.29. The third-order valence-electron chi connectivity index (χ3n) is 3.82. The van der Waals surface area contributed by atoms with Crippen molar-refractivity contribution in [2.24, 2.45) is 5.92 Å². The molecule has 1 atom stereocenters. The molecule has 0 saturated carbocycles. The van der Waals surface area contributed by atoms with Crippen LogP contribution >= 0.6 is 0 Å². The number of likely N-dealkylation sites (tertiary alicyclic amines) is 1. The van der Waals surface area contributed by atoms with Gasteiger partial charge < -0.3 is 4.90 Å². The SMILES string of the molecule is O=C(c1ccncc1F)N1CCC(Cc2cccnc2)C1. The molecule has 2 aromatic heterocycles. The molecule has 3 heterocycles. The highest BCUT2D eigenvalue weighted by atomic mass is 19.1. The van der Waals surface area contributed by atoms with Crippen molar-refractivity contribution in [1.29, 1.82) is 0 Å². The number of halogens is 1. The monoisotopic (exact) mass is 285 g/mol. The Morgan fingerprint density at radius 3 is 2.90 bits per heavy atom. The number of carbonyl (C=O) groups is 1. The molecule has 0 aliphatic carbocycles. The highest BCUT2D eigenvalue weighted by molar-refractivity contribution is 5.94. The molecular formula is C16H16FN3O. The van der Waals surface area contributed by atoms with E-state index in [-0.39, 0.29) is 11.5 Å². The minimum Gasteiger partial charge on any atom is -0.338 e. The molecule has 4 nitrogen and oxygen atoms in total. The number of hydrogen-bond acceptors (Lipinski definition) is 3. The van der Waals surface area contributed by atoms with Gasteiger partial charge in [0.15, 0.2) is 5.82 Å². The molecular weight excluding hydrogens is 269 g/mol. The number of pyridine rings is 2. The highest BCUT2D eigenvalue weighted by Crippen LogP contribution is 2.22. The number of nitrogens with zero attached hydrogens (tertiary/aromatic N) is 3. The molecule has 21 heavy (non-hydrogen) atoms. The van der Waals surface area contributed by atoms with Gasteiger partial charge in [-0.2, -0.15) is 0 Å². The van der Waals surface area contributed by atoms with Crippen LogP contribution < -0.4 is 0 Å². The Balaban J connectivity index is 1.65. The topological polar surface area (TPSA) is 46.1 Å². The van der Waals surface area contributed by atoms with Crippen LogP contribution in [0.2, 0.25) is 0 Å². The summed E-state index contributed by atoms with van der Waals surface area (Å²) < 4.78 is 13.6. The van der Waals surface area contributed by atoms with Crippen LogP contribution in [0.15, 0.2) is 43.0 Å². The Kier molecular flexibility index (Phi) is 3.90. The van der Waals surface area contributed by atoms with E-state index in [2.05, 4.69) is 9.97 Å². The van der Waals surface area contributed by atoms with E-state index in [9.17, 15) is 9.18 Å².